The van der Waals surface area contributed by atoms with Gasteiger partial charge < -0.3 is 0 Å². The second kappa shape index (κ2) is 4.71. The highest BCUT2D eigenvalue weighted by molar-refractivity contribution is 6.02. The molecule has 2 aromatic rings. The summed E-state index contributed by atoms with van der Waals surface area (Å²) in [5.41, 5.74) is 1.95. The molecule has 0 atom stereocenters. The monoisotopic (exact) mass is 210 g/mol. The minimum Gasteiger partial charge on any atom is -0.261 e. The van der Waals surface area contributed by atoms with E-state index >= 15 is 0 Å². The van der Waals surface area contributed by atoms with Crippen molar-refractivity contribution in [3.63, 3.8) is 0 Å². The number of rotatable bonds is 2. The molecule has 0 radical (unpaired) electrons. The molecule has 0 fully saturated rings. The number of benzene rings is 2. The Morgan fingerprint density at radius 1 is 0.812 bits per heavy atom. The van der Waals surface area contributed by atoms with Gasteiger partial charge in [-0.05, 0) is 31.4 Å². The molecule has 0 aliphatic carbocycles. The summed E-state index contributed by atoms with van der Waals surface area (Å²) in [5.74, 6) is 0. The highest BCUT2D eigenvalue weighted by atomic mass is 14.8. The van der Waals surface area contributed by atoms with Gasteiger partial charge in [0.1, 0.15) is 0 Å². The Kier molecular flexibility index (Phi) is 3.10. The topological polar surface area (TPSA) is 24.7 Å². The second-order valence-electron chi connectivity index (χ2n) is 3.43. The van der Waals surface area contributed by atoms with Crippen molar-refractivity contribution in [3.8, 4) is 0 Å². The highest BCUT2D eigenvalue weighted by Gasteiger charge is 2.03. The van der Waals surface area contributed by atoms with E-state index in [1.54, 1.807) is 12.4 Å². The van der Waals surface area contributed by atoms with E-state index in [9.17, 15) is 0 Å². The van der Waals surface area contributed by atoms with Crippen LogP contribution in [0.1, 0.15) is 13.8 Å². The minimum atomic E-state index is 0.973. The molecule has 2 aromatic carbocycles. The van der Waals surface area contributed by atoms with Crippen LogP contribution in [0.25, 0.3) is 10.8 Å². The molecular weight excluding hydrogens is 196 g/mol. The molecule has 80 valence electrons. The summed E-state index contributed by atoms with van der Waals surface area (Å²) in [6.07, 6.45) is 3.61. The predicted octanol–water partition coefficient (Wildman–Crippen LogP) is 4.28. The van der Waals surface area contributed by atoms with Gasteiger partial charge in [0.2, 0.25) is 0 Å². The maximum Gasteiger partial charge on any atom is 0.0725 e. The van der Waals surface area contributed by atoms with Gasteiger partial charge in [-0.1, -0.05) is 24.3 Å². The molecule has 0 aromatic heterocycles. The van der Waals surface area contributed by atoms with E-state index in [4.69, 9.17) is 0 Å². The van der Waals surface area contributed by atoms with Crippen LogP contribution >= 0.6 is 0 Å². The van der Waals surface area contributed by atoms with Crippen molar-refractivity contribution in [2.24, 2.45) is 9.98 Å². The Morgan fingerprint density at radius 3 is 1.75 bits per heavy atom. The molecule has 2 nitrogen and oxygen atoms in total. The molecule has 0 saturated carbocycles. The van der Waals surface area contributed by atoms with Crippen LogP contribution < -0.4 is 0 Å². The third kappa shape index (κ3) is 1.87. The first-order valence-corrected chi connectivity index (χ1v) is 5.36. The van der Waals surface area contributed by atoms with E-state index < -0.39 is 0 Å². The van der Waals surface area contributed by atoms with Gasteiger partial charge in [-0.25, -0.2) is 0 Å². The third-order valence-corrected chi connectivity index (χ3v) is 2.40. The quantitative estimate of drug-likeness (QED) is 0.661. The fourth-order valence-electron chi connectivity index (χ4n) is 1.80. The number of fused-ring (bicyclic) bond motifs is 1. The molecule has 0 bridgehead atoms. The minimum absolute atomic E-state index is 0.973. The summed E-state index contributed by atoms with van der Waals surface area (Å²) < 4.78 is 0. The second-order valence-corrected chi connectivity index (χ2v) is 3.43. The van der Waals surface area contributed by atoms with E-state index in [0.29, 0.717) is 0 Å². The zero-order valence-electron chi connectivity index (χ0n) is 9.51. The Morgan fingerprint density at radius 2 is 1.31 bits per heavy atom. The van der Waals surface area contributed by atoms with E-state index in [-0.39, 0.29) is 0 Å². The first kappa shape index (κ1) is 10.6. The van der Waals surface area contributed by atoms with Gasteiger partial charge in [0.25, 0.3) is 0 Å². The largest absolute Gasteiger partial charge is 0.261 e. The maximum atomic E-state index is 4.38. The number of hydrogen-bond donors (Lipinski definition) is 0. The third-order valence-electron chi connectivity index (χ3n) is 2.40. The van der Waals surface area contributed by atoms with Crippen LogP contribution in [-0.2, 0) is 0 Å². The van der Waals surface area contributed by atoms with Crippen molar-refractivity contribution < 1.29 is 0 Å². The van der Waals surface area contributed by atoms with Crippen LogP contribution in [0, 0.1) is 0 Å². The van der Waals surface area contributed by atoms with E-state index in [1.165, 1.54) is 5.39 Å². The molecule has 0 saturated heterocycles. The lowest BCUT2D eigenvalue weighted by molar-refractivity contribution is 1.53. The first-order chi connectivity index (χ1) is 7.86. The van der Waals surface area contributed by atoms with Gasteiger partial charge in [0, 0.05) is 17.8 Å². The number of nitrogens with zero attached hydrogens (tertiary/aromatic N) is 2. The van der Waals surface area contributed by atoms with Crippen LogP contribution in [0.15, 0.2) is 46.4 Å². The maximum absolute atomic E-state index is 4.38. The van der Waals surface area contributed by atoms with Crippen molar-refractivity contribution in [2.45, 2.75) is 13.8 Å². The molecule has 0 aliphatic rings. The average Bonchev–Trinajstić information content (AvgIpc) is 2.30. The molecule has 16 heavy (non-hydrogen) atoms. The van der Waals surface area contributed by atoms with Crippen molar-refractivity contribution in [2.75, 3.05) is 0 Å². The molecule has 0 N–H and O–H groups in total. The van der Waals surface area contributed by atoms with Gasteiger partial charge >= 0.3 is 0 Å². The Balaban J connectivity index is 2.81. The lowest BCUT2D eigenvalue weighted by Crippen LogP contribution is -1.76. The van der Waals surface area contributed by atoms with E-state index in [2.05, 4.69) is 22.1 Å². The average molecular weight is 210 g/mol. The van der Waals surface area contributed by atoms with Gasteiger partial charge in [0.15, 0.2) is 0 Å². The molecule has 0 unspecified atom stereocenters. The molecular formula is C14H14N2. The van der Waals surface area contributed by atoms with Crippen LogP contribution in [-0.4, -0.2) is 12.4 Å². The molecule has 0 aliphatic heterocycles. The van der Waals surface area contributed by atoms with Crippen molar-refractivity contribution >= 4 is 34.6 Å². The summed E-state index contributed by atoms with van der Waals surface area (Å²) >= 11 is 0. The van der Waals surface area contributed by atoms with Crippen LogP contribution in [0.5, 0.6) is 0 Å². The van der Waals surface area contributed by atoms with Crippen molar-refractivity contribution in [3.05, 3.63) is 36.4 Å². The molecule has 0 heterocycles. The van der Waals surface area contributed by atoms with Gasteiger partial charge in [-0.2, -0.15) is 0 Å². The van der Waals surface area contributed by atoms with Gasteiger partial charge in [0.05, 0.1) is 11.4 Å². The highest BCUT2D eigenvalue weighted by Crippen LogP contribution is 2.33. The summed E-state index contributed by atoms with van der Waals surface area (Å²) in [6, 6.07) is 12.2. The molecule has 0 amide bonds. The Labute approximate surface area is 95.4 Å². The van der Waals surface area contributed by atoms with Gasteiger partial charge in [-0.15, -0.1) is 0 Å². The lowest BCUT2D eigenvalue weighted by atomic mass is 10.1. The standard InChI is InChI=1S/C14H14N2/c1-3-15-12-9-5-7-11-8-6-10-13(14(11)12)16-4-2/h3-10H,1-2H3/b15-3+,16-4+. The fourth-order valence-corrected chi connectivity index (χ4v) is 1.80. The Bertz CT molecular complexity index is 507. The van der Waals surface area contributed by atoms with Crippen LogP contribution in [0.4, 0.5) is 11.4 Å². The fraction of sp³-hybridized carbons (Fsp3) is 0.143. The van der Waals surface area contributed by atoms with E-state index in [0.717, 1.165) is 16.8 Å². The predicted molar refractivity (Wildman–Crippen MR) is 71.6 cm³/mol. The summed E-state index contributed by atoms with van der Waals surface area (Å²) in [6.45, 7) is 3.84. The van der Waals surface area contributed by atoms with Gasteiger partial charge in [-0.3, -0.25) is 9.98 Å². The zero-order chi connectivity index (χ0) is 11.4. The number of aliphatic imine (C=N–C) groups is 2. The smallest absolute Gasteiger partial charge is 0.0725 e. The van der Waals surface area contributed by atoms with Crippen molar-refractivity contribution in [1.82, 2.24) is 0 Å². The summed E-state index contributed by atoms with van der Waals surface area (Å²) in [7, 11) is 0. The van der Waals surface area contributed by atoms with E-state index in [1.807, 2.05) is 38.1 Å². The summed E-state index contributed by atoms with van der Waals surface area (Å²) in [4.78, 5) is 8.76. The zero-order valence-corrected chi connectivity index (χ0v) is 9.51. The van der Waals surface area contributed by atoms with Crippen molar-refractivity contribution in [1.29, 1.82) is 0 Å². The normalized spacial score (nSPS) is 11.9. The van der Waals surface area contributed by atoms with Crippen LogP contribution in [0.3, 0.4) is 0 Å². The molecule has 2 rings (SSSR count). The lowest BCUT2D eigenvalue weighted by Gasteiger charge is -2.04. The first-order valence-electron chi connectivity index (χ1n) is 5.36. The number of hydrogen-bond acceptors (Lipinski definition) is 2. The summed E-state index contributed by atoms with van der Waals surface area (Å²) in [5, 5.41) is 2.28. The van der Waals surface area contributed by atoms with Crippen LogP contribution in [0.2, 0.25) is 0 Å². The molecule has 0 spiro atoms. The Hall–Kier alpha value is -1.96. The SMILES string of the molecule is C/C=N/c1cccc2cccc(/N=C/C)c12. The molecule has 2 heteroatoms.